The van der Waals surface area contributed by atoms with E-state index in [1.807, 2.05) is 48.7 Å². The van der Waals surface area contributed by atoms with Crippen LogP contribution in [0.4, 0.5) is 4.79 Å². The van der Waals surface area contributed by atoms with Gasteiger partial charge in [0, 0.05) is 31.6 Å². The smallest absolute Gasteiger partial charge is 0.317 e. The van der Waals surface area contributed by atoms with Gasteiger partial charge >= 0.3 is 6.03 Å². The highest BCUT2D eigenvalue weighted by Gasteiger charge is 2.34. The number of thiophene rings is 1. The monoisotopic (exact) mass is 448 g/mol. The van der Waals surface area contributed by atoms with Crippen molar-refractivity contribution in [2.45, 2.75) is 19.4 Å². The lowest BCUT2D eigenvalue weighted by atomic mass is 10.0. The van der Waals surface area contributed by atoms with Crippen LogP contribution in [0.5, 0.6) is 0 Å². The number of ether oxygens (including phenoxy) is 1. The molecule has 1 aliphatic rings. The van der Waals surface area contributed by atoms with E-state index in [0.717, 1.165) is 16.2 Å². The summed E-state index contributed by atoms with van der Waals surface area (Å²) in [6, 6.07) is 10.9. The summed E-state index contributed by atoms with van der Waals surface area (Å²) < 4.78 is 5.09. The van der Waals surface area contributed by atoms with E-state index in [1.54, 1.807) is 18.4 Å². The predicted octanol–water partition coefficient (Wildman–Crippen LogP) is 3.76. The molecule has 1 N–H and O–H groups in total. The van der Waals surface area contributed by atoms with E-state index < -0.39 is 0 Å². The first-order chi connectivity index (χ1) is 14.5. The standard InChI is InChI=1S/C21H25ClN4O3S/c1-3-23-21(28)25(10-11-29-2)14-20(27)26-18(15-6-8-16(22)9-7-15)13-17(24-26)19-5-4-12-30-19/h4-9,12,18H,3,10-11,13-14H2,1-2H3,(H,23,28)/t18-/m0/s1. The summed E-state index contributed by atoms with van der Waals surface area (Å²) in [6.45, 7) is 2.89. The van der Waals surface area contributed by atoms with Crippen LogP contribution in [0.2, 0.25) is 5.02 Å². The fraction of sp³-hybridized carbons (Fsp3) is 0.381. The van der Waals surface area contributed by atoms with E-state index in [2.05, 4.69) is 10.4 Å². The van der Waals surface area contributed by atoms with Gasteiger partial charge in [0.05, 0.1) is 23.2 Å². The van der Waals surface area contributed by atoms with E-state index in [1.165, 1.54) is 9.91 Å². The van der Waals surface area contributed by atoms with Gasteiger partial charge in [0.15, 0.2) is 0 Å². The van der Waals surface area contributed by atoms with Crippen LogP contribution in [0, 0.1) is 0 Å². The van der Waals surface area contributed by atoms with Crippen LogP contribution in [0.3, 0.4) is 0 Å². The maximum absolute atomic E-state index is 13.2. The van der Waals surface area contributed by atoms with Crippen LogP contribution in [0.1, 0.15) is 29.8 Å². The predicted molar refractivity (Wildman–Crippen MR) is 119 cm³/mol. The van der Waals surface area contributed by atoms with Crippen LogP contribution < -0.4 is 5.32 Å². The summed E-state index contributed by atoms with van der Waals surface area (Å²) >= 11 is 7.63. The number of benzene rings is 1. The minimum atomic E-state index is -0.299. The van der Waals surface area contributed by atoms with Crippen molar-refractivity contribution < 1.29 is 14.3 Å². The van der Waals surface area contributed by atoms with Gasteiger partial charge in [-0.3, -0.25) is 4.79 Å². The third-order valence-electron chi connectivity index (χ3n) is 4.73. The molecule has 0 saturated heterocycles. The minimum Gasteiger partial charge on any atom is -0.383 e. The first-order valence-electron chi connectivity index (χ1n) is 9.74. The molecule has 3 rings (SSSR count). The third kappa shape index (κ3) is 5.38. The fourth-order valence-electron chi connectivity index (χ4n) is 3.23. The molecule has 0 aliphatic carbocycles. The molecule has 1 aliphatic heterocycles. The van der Waals surface area contributed by atoms with Crippen LogP contribution in [0.25, 0.3) is 0 Å². The molecular formula is C21H25ClN4O3S. The highest BCUT2D eigenvalue weighted by molar-refractivity contribution is 7.12. The molecule has 0 bridgehead atoms. The molecule has 7 nitrogen and oxygen atoms in total. The zero-order valence-electron chi connectivity index (χ0n) is 17.0. The molecule has 1 aromatic carbocycles. The minimum absolute atomic E-state index is 0.0828. The number of carbonyl (C=O) groups is 2. The quantitative estimate of drug-likeness (QED) is 0.668. The maximum Gasteiger partial charge on any atom is 0.317 e. The molecule has 0 saturated carbocycles. The maximum atomic E-state index is 13.2. The summed E-state index contributed by atoms with van der Waals surface area (Å²) in [5.74, 6) is -0.246. The van der Waals surface area contributed by atoms with Crippen LogP contribution in [-0.2, 0) is 9.53 Å². The molecule has 0 unspecified atom stereocenters. The van der Waals surface area contributed by atoms with Gasteiger partial charge in [0.2, 0.25) is 0 Å². The molecule has 2 aromatic rings. The van der Waals surface area contributed by atoms with Crippen molar-refractivity contribution in [2.24, 2.45) is 5.10 Å². The van der Waals surface area contributed by atoms with Gasteiger partial charge in [0.25, 0.3) is 5.91 Å². The van der Waals surface area contributed by atoms with E-state index >= 15 is 0 Å². The van der Waals surface area contributed by atoms with Gasteiger partial charge in [-0.2, -0.15) is 5.10 Å². The molecule has 0 spiro atoms. The lowest BCUT2D eigenvalue weighted by molar-refractivity contribution is -0.133. The number of nitrogens with one attached hydrogen (secondary N) is 1. The second kappa shape index (κ2) is 10.6. The number of urea groups is 1. The number of hydrogen-bond donors (Lipinski definition) is 1. The Labute approximate surface area is 185 Å². The zero-order chi connectivity index (χ0) is 21.5. The average Bonchev–Trinajstić information content (AvgIpc) is 3.41. The Morgan fingerprint density at radius 3 is 2.73 bits per heavy atom. The number of carbonyl (C=O) groups excluding carboxylic acids is 2. The molecule has 30 heavy (non-hydrogen) atoms. The lowest BCUT2D eigenvalue weighted by Crippen LogP contribution is -2.47. The Morgan fingerprint density at radius 1 is 1.33 bits per heavy atom. The van der Waals surface area contributed by atoms with Crippen molar-refractivity contribution in [1.82, 2.24) is 15.2 Å². The topological polar surface area (TPSA) is 74.2 Å². The van der Waals surface area contributed by atoms with Crippen molar-refractivity contribution in [3.8, 4) is 0 Å². The van der Waals surface area contributed by atoms with Gasteiger partial charge in [-0.25, -0.2) is 9.80 Å². The molecule has 160 valence electrons. The Hall–Kier alpha value is -2.42. The van der Waals surface area contributed by atoms with Crippen LogP contribution in [-0.4, -0.2) is 60.9 Å². The molecule has 0 radical (unpaired) electrons. The second-order valence-electron chi connectivity index (χ2n) is 6.78. The number of nitrogens with zero attached hydrogens (tertiary/aromatic N) is 3. The third-order valence-corrected chi connectivity index (χ3v) is 5.90. The highest BCUT2D eigenvalue weighted by atomic mass is 35.5. The molecule has 1 aromatic heterocycles. The SMILES string of the molecule is CCNC(=O)N(CCOC)CC(=O)N1N=C(c2cccs2)C[C@H]1c1ccc(Cl)cc1. The van der Waals surface area contributed by atoms with Crippen molar-refractivity contribution >= 4 is 40.6 Å². The van der Waals surface area contributed by atoms with Gasteiger partial charge in [-0.05, 0) is 36.1 Å². The number of methoxy groups -OCH3 is 1. The summed E-state index contributed by atoms with van der Waals surface area (Å²) in [5, 5.41) is 11.5. The Bertz CT molecular complexity index is 886. The van der Waals surface area contributed by atoms with E-state index in [-0.39, 0.29) is 24.5 Å². The van der Waals surface area contributed by atoms with E-state index in [9.17, 15) is 9.59 Å². The number of rotatable bonds is 8. The van der Waals surface area contributed by atoms with Gasteiger partial charge in [-0.1, -0.05) is 29.8 Å². The summed E-state index contributed by atoms with van der Waals surface area (Å²) in [5.41, 5.74) is 1.81. The molecule has 0 fully saturated rings. The normalized spacial score (nSPS) is 15.8. The molecular weight excluding hydrogens is 424 g/mol. The molecule has 1 atom stereocenters. The van der Waals surface area contributed by atoms with E-state index in [0.29, 0.717) is 31.1 Å². The Morgan fingerprint density at radius 2 is 2.10 bits per heavy atom. The molecule has 9 heteroatoms. The number of halogens is 1. The highest BCUT2D eigenvalue weighted by Crippen LogP contribution is 2.34. The lowest BCUT2D eigenvalue weighted by Gasteiger charge is -2.27. The number of hydrogen-bond acceptors (Lipinski definition) is 5. The summed E-state index contributed by atoms with van der Waals surface area (Å²) in [7, 11) is 1.56. The molecule has 2 heterocycles. The zero-order valence-corrected chi connectivity index (χ0v) is 18.6. The van der Waals surface area contributed by atoms with Crippen molar-refractivity contribution in [2.75, 3.05) is 33.4 Å². The first-order valence-corrected chi connectivity index (χ1v) is 11.0. The van der Waals surface area contributed by atoms with Crippen molar-refractivity contribution in [3.63, 3.8) is 0 Å². The Kier molecular flexibility index (Phi) is 7.84. The first kappa shape index (κ1) is 22.3. The van der Waals surface area contributed by atoms with Gasteiger partial charge in [-0.15, -0.1) is 11.3 Å². The van der Waals surface area contributed by atoms with Crippen molar-refractivity contribution in [3.05, 3.63) is 57.2 Å². The summed E-state index contributed by atoms with van der Waals surface area (Å²) in [6.07, 6.45) is 0.604. The van der Waals surface area contributed by atoms with Gasteiger partial charge in [0.1, 0.15) is 6.54 Å². The fourth-order valence-corrected chi connectivity index (χ4v) is 4.08. The van der Waals surface area contributed by atoms with E-state index in [4.69, 9.17) is 16.3 Å². The largest absolute Gasteiger partial charge is 0.383 e. The summed E-state index contributed by atoms with van der Waals surface area (Å²) in [4.78, 5) is 28.1. The van der Waals surface area contributed by atoms with Gasteiger partial charge < -0.3 is 15.0 Å². The number of amides is 3. The number of hydrazone groups is 1. The second-order valence-corrected chi connectivity index (χ2v) is 8.17. The molecule has 3 amide bonds. The van der Waals surface area contributed by atoms with Crippen LogP contribution in [0.15, 0.2) is 46.9 Å². The van der Waals surface area contributed by atoms with Crippen molar-refractivity contribution in [1.29, 1.82) is 0 Å². The van der Waals surface area contributed by atoms with Crippen LogP contribution >= 0.6 is 22.9 Å². The average molecular weight is 449 g/mol. The Balaban J connectivity index is 1.84.